The van der Waals surface area contributed by atoms with Gasteiger partial charge in [-0.25, -0.2) is 0 Å². The van der Waals surface area contributed by atoms with Gasteiger partial charge in [-0.2, -0.15) is 5.10 Å². The summed E-state index contributed by atoms with van der Waals surface area (Å²) in [4.78, 5) is 6.68. The Kier molecular flexibility index (Phi) is 5.79. The second kappa shape index (κ2) is 8.62. The fourth-order valence-corrected chi connectivity index (χ4v) is 4.39. The highest BCUT2D eigenvalue weighted by atomic mass is 32.1. The SMILES string of the molecule is c1csc(CN2CCCN(Cc3ccccc3Cn3cccn3)CC2)c1. The van der Waals surface area contributed by atoms with E-state index in [1.165, 1.54) is 35.5 Å². The lowest BCUT2D eigenvalue weighted by atomic mass is 10.1. The van der Waals surface area contributed by atoms with Crippen molar-refractivity contribution in [2.45, 2.75) is 26.1 Å². The van der Waals surface area contributed by atoms with Crippen LogP contribution in [0.2, 0.25) is 0 Å². The largest absolute Gasteiger partial charge is 0.298 e. The fraction of sp³-hybridized carbons (Fsp3) is 0.381. The van der Waals surface area contributed by atoms with Gasteiger partial charge in [0, 0.05) is 43.4 Å². The molecule has 5 heteroatoms. The van der Waals surface area contributed by atoms with Gasteiger partial charge in [0.25, 0.3) is 0 Å². The van der Waals surface area contributed by atoms with E-state index in [1.54, 1.807) is 0 Å². The van der Waals surface area contributed by atoms with Crippen molar-refractivity contribution >= 4 is 11.3 Å². The molecular formula is C21H26N4S. The number of nitrogens with zero attached hydrogens (tertiary/aromatic N) is 4. The molecule has 136 valence electrons. The first kappa shape index (κ1) is 17.5. The average molecular weight is 367 g/mol. The summed E-state index contributed by atoms with van der Waals surface area (Å²) in [7, 11) is 0. The molecule has 1 aromatic carbocycles. The van der Waals surface area contributed by atoms with Crippen molar-refractivity contribution in [2.24, 2.45) is 0 Å². The smallest absolute Gasteiger partial charge is 0.0662 e. The van der Waals surface area contributed by atoms with E-state index in [9.17, 15) is 0 Å². The molecule has 4 nitrogen and oxygen atoms in total. The van der Waals surface area contributed by atoms with Gasteiger partial charge in [0.1, 0.15) is 0 Å². The molecule has 1 fully saturated rings. The third kappa shape index (κ3) is 4.61. The van der Waals surface area contributed by atoms with Crippen LogP contribution in [0.1, 0.15) is 22.4 Å². The van der Waals surface area contributed by atoms with Crippen LogP contribution in [0.3, 0.4) is 0 Å². The maximum Gasteiger partial charge on any atom is 0.0662 e. The van der Waals surface area contributed by atoms with E-state index >= 15 is 0 Å². The van der Waals surface area contributed by atoms with Gasteiger partial charge in [-0.05, 0) is 48.2 Å². The second-order valence-corrected chi connectivity index (χ2v) is 7.99. The van der Waals surface area contributed by atoms with E-state index in [0.717, 1.165) is 32.7 Å². The zero-order valence-electron chi connectivity index (χ0n) is 15.1. The van der Waals surface area contributed by atoms with Crippen molar-refractivity contribution < 1.29 is 0 Å². The predicted octanol–water partition coefficient (Wildman–Crippen LogP) is 3.70. The van der Waals surface area contributed by atoms with Crippen LogP contribution < -0.4 is 0 Å². The predicted molar refractivity (Wildman–Crippen MR) is 107 cm³/mol. The highest BCUT2D eigenvalue weighted by Crippen LogP contribution is 2.17. The van der Waals surface area contributed by atoms with Crippen LogP contribution in [-0.4, -0.2) is 45.8 Å². The van der Waals surface area contributed by atoms with Crippen molar-refractivity contribution in [3.63, 3.8) is 0 Å². The lowest BCUT2D eigenvalue weighted by Gasteiger charge is -2.22. The lowest BCUT2D eigenvalue weighted by Crippen LogP contribution is -2.30. The van der Waals surface area contributed by atoms with Crippen molar-refractivity contribution in [2.75, 3.05) is 26.2 Å². The standard InChI is InChI=1S/C21H26N4S/c1-2-7-20(17-25-12-4-9-22-25)19(6-1)16-23-10-5-11-24(14-13-23)18-21-8-3-15-26-21/h1-4,6-9,12,15H,5,10-11,13-14,16-18H2. The minimum Gasteiger partial charge on any atom is -0.298 e. The topological polar surface area (TPSA) is 24.3 Å². The Hall–Kier alpha value is -1.95. The Morgan fingerprint density at radius 2 is 1.58 bits per heavy atom. The minimum absolute atomic E-state index is 0.849. The molecule has 1 aliphatic rings. The minimum atomic E-state index is 0.849. The summed E-state index contributed by atoms with van der Waals surface area (Å²) >= 11 is 1.87. The monoisotopic (exact) mass is 366 g/mol. The Balaban J connectivity index is 1.37. The molecular weight excluding hydrogens is 340 g/mol. The van der Waals surface area contributed by atoms with Gasteiger partial charge >= 0.3 is 0 Å². The fourth-order valence-electron chi connectivity index (χ4n) is 3.64. The Morgan fingerprint density at radius 3 is 2.27 bits per heavy atom. The van der Waals surface area contributed by atoms with Crippen LogP contribution in [0.4, 0.5) is 0 Å². The first-order valence-electron chi connectivity index (χ1n) is 9.38. The summed E-state index contributed by atoms with van der Waals surface area (Å²) in [5.41, 5.74) is 2.80. The van der Waals surface area contributed by atoms with Gasteiger partial charge in [-0.15, -0.1) is 11.3 Å². The van der Waals surface area contributed by atoms with Crippen LogP contribution in [0.5, 0.6) is 0 Å². The van der Waals surface area contributed by atoms with E-state index in [1.807, 2.05) is 34.5 Å². The van der Waals surface area contributed by atoms with Gasteiger partial charge in [-0.3, -0.25) is 14.5 Å². The molecule has 1 saturated heterocycles. The van der Waals surface area contributed by atoms with Gasteiger partial charge < -0.3 is 0 Å². The molecule has 0 spiro atoms. The highest BCUT2D eigenvalue weighted by molar-refractivity contribution is 7.09. The molecule has 26 heavy (non-hydrogen) atoms. The summed E-state index contributed by atoms with van der Waals surface area (Å²) in [5.74, 6) is 0. The van der Waals surface area contributed by atoms with E-state index in [0.29, 0.717) is 0 Å². The third-order valence-corrected chi connectivity index (χ3v) is 5.91. The Morgan fingerprint density at radius 1 is 0.808 bits per heavy atom. The molecule has 0 aliphatic carbocycles. The molecule has 3 heterocycles. The molecule has 0 saturated carbocycles. The maximum absolute atomic E-state index is 4.36. The van der Waals surface area contributed by atoms with Crippen LogP contribution in [0.25, 0.3) is 0 Å². The number of hydrogen-bond acceptors (Lipinski definition) is 4. The molecule has 4 rings (SSSR count). The average Bonchev–Trinajstić information content (AvgIpc) is 3.30. The Bertz CT molecular complexity index is 782. The van der Waals surface area contributed by atoms with E-state index < -0.39 is 0 Å². The van der Waals surface area contributed by atoms with Crippen molar-refractivity contribution in [1.82, 2.24) is 19.6 Å². The summed E-state index contributed by atoms with van der Waals surface area (Å²) in [5, 5.41) is 6.53. The van der Waals surface area contributed by atoms with Crippen molar-refractivity contribution in [1.29, 1.82) is 0 Å². The van der Waals surface area contributed by atoms with Crippen LogP contribution in [0.15, 0.2) is 60.2 Å². The van der Waals surface area contributed by atoms with Crippen molar-refractivity contribution in [3.8, 4) is 0 Å². The molecule has 1 aliphatic heterocycles. The lowest BCUT2D eigenvalue weighted by molar-refractivity contribution is 0.248. The number of thiophene rings is 1. The zero-order chi connectivity index (χ0) is 17.6. The van der Waals surface area contributed by atoms with Gasteiger partial charge in [0.05, 0.1) is 6.54 Å². The van der Waals surface area contributed by atoms with Crippen LogP contribution >= 0.6 is 11.3 Å². The van der Waals surface area contributed by atoms with Crippen LogP contribution in [0, 0.1) is 0 Å². The van der Waals surface area contributed by atoms with Gasteiger partial charge in [0.15, 0.2) is 0 Å². The molecule has 0 amide bonds. The van der Waals surface area contributed by atoms with Crippen molar-refractivity contribution in [3.05, 3.63) is 76.2 Å². The third-order valence-electron chi connectivity index (χ3n) is 5.04. The first-order chi connectivity index (χ1) is 12.9. The molecule has 3 aromatic rings. The number of hydrogen-bond donors (Lipinski definition) is 0. The molecule has 0 unspecified atom stereocenters. The maximum atomic E-state index is 4.36. The summed E-state index contributed by atoms with van der Waals surface area (Å²) in [6.45, 7) is 7.65. The Labute approximate surface area is 159 Å². The van der Waals surface area contributed by atoms with E-state index in [4.69, 9.17) is 0 Å². The molecule has 0 N–H and O–H groups in total. The number of rotatable bonds is 6. The molecule has 2 aromatic heterocycles. The number of benzene rings is 1. The van der Waals surface area contributed by atoms with E-state index in [2.05, 4.69) is 56.7 Å². The van der Waals surface area contributed by atoms with Gasteiger partial charge in [0.2, 0.25) is 0 Å². The molecule has 0 bridgehead atoms. The second-order valence-electron chi connectivity index (χ2n) is 6.96. The van der Waals surface area contributed by atoms with E-state index in [-0.39, 0.29) is 0 Å². The molecule has 0 atom stereocenters. The summed E-state index contributed by atoms with van der Waals surface area (Å²) in [6, 6.07) is 15.2. The highest BCUT2D eigenvalue weighted by Gasteiger charge is 2.16. The normalized spacial score (nSPS) is 16.6. The summed E-state index contributed by atoms with van der Waals surface area (Å²) < 4.78 is 2.00. The summed E-state index contributed by atoms with van der Waals surface area (Å²) in [6.07, 6.45) is 5.12. The zero-order valence-corrected chi connectivity index (χ0v) is 15.9. The first-order valence-corrected chi connectivity index (χ1v) is 10.3. The quantitative estimate of drug-likeness (QED) is 0.665. The van der Waals surface area contributed by atoms with Crippen LogP contribution in [-0.2, 0) is 19.6 Å². The molecule has 0 radical (unpaired) electrons. The number of aromatic nitrogens is 2. The van der Waals surface area contributed by atoms with Gasteiger partial charge in [-0.1, -0.05) is 30.3 Å².